The zero-order chi connectivity index (χ0) is 12.8. The Morgan fingerprint density at radius 1 is 1.22 bits per heavy atom. The van der Waals surface area contributed by atoms with Crippen molar-refractivity contribution in [3.8, 4) is 11.5 Å². The summed E-state index contributed by atoms with van der Waals surface area (Å²) in [6.45, 7) is 1.32. The van der Waals surface area contributed by atoms with Crippen molar-refractivity contribution in [2.75, 3.05) is 14.2 Å². The summed E-state index contributed by atoms with van der Waals surface area (Å²) >= 11 is 0. The predicted octanol–water partition coefficient (Wildman–Crippen LogP) is 1.11. The van der Waals surface area contributed by atoms with Gasteiger partial charge in [0.2, 0.25) is 0 Å². The van der Waals surface area contributed by atoms with E-state index in [4.69, 9.17) is 9.47 Å². The molecule has 0 atom stereocenters. The van der Waals surface area contributed by atoms with Gasteiger partial charge < -0.3 is 14.8 Å². The van der Waals surface area contributed by atoms with Crippen LogP contribution in [0.2, 0.25) is 0 Å². The first-order valence-corrected chi connectivity index (χ1v) is 5.59. The third kappa shape index (κ3) is 2.98. The van der Waals surface area contributed by atoms with Gasteiger partial charge >= 0.3 is 0 Å². The zero-order valence-electron chi connectivity index (χ0n) is 10.4. The third-order valence-corrected chi connectivity index (χ3v) is 2.57. The number of nitrogens with one attached hydrogen (secondary N) is 2. The van der Waals surface area contributed by atoms with Crippen molar-refractivity contribution >= 4 is 0 Å². The normalized spacial score (nSPS) is 10.3. The summed E-state index contributed by atoms with van der Waals surface area (Å²) in [7, 11) is 3.28. The molecule has 1 aromatic heterocycles. The van der Waals surface area contributed by atoms with E-state index in [1.54, 1.807) is 14.2 Å². The molecule has 0 aliphatic rings. The molecule has 1 aromatic carbocycles. The molecule has 18 heavy (non-hydrogen) atoms. The Hall–Kier alpha value is -2.08. The maximum Gasteiger partial charge on any atom is 0.138 e. The van der Waals surface area contributed by atoms with Gasteiger partial charge in [0.25, 0.3) is 0 Å². The van der Waals surface area contributed by atoms with Gasteiger partial charge in [-0.1, -0.05) is 6.07 Å². The second-order valence-corrected chi connectivity index (χ2v) is 3.71. The summed E-state index contributed by atoms with van der Waals surface area (Å²) in [5.41, 5.74) is 1.07. The fourth-order valence-corrected chi connectivity index (χ4v) is 1.63. The first-order valence-electron chi connectivity index (χ1n) is 5.59. The number of hydrogen-bond acceptors (Lipinski definition) is 5. The molecule has 6 nitrogen and oxygen atoms in total. The third-order valence-electron chi connectivity index (χ3n) is 2.57. The lowest BCUT2D eigenvalue weighted by Gasteiger charge is -2.10. The molecule has 6 heteroatoms. The van der Waals surface area contributed by atoms with Gasteiger partial charge in [0, 0.05) is 18.2 Å². The Bertz CT molecular complexity index is 485. The van der Waals surface area contributed by atoms with Crippen molar-refractivity contribution < 1.29 is 9.47 Å². The minimum atomic E-state index is 0.634. The van der Waals surface area contributed by atoms with Crippen molar-refractivity contribution in [2.24, 2.45) is 0 Å². The van der Waals surface area contributed by atoms with Gasteiger partial charge in [-0.2, -0.15) is 5.10 Å². The molecule has 0 amide bonds. The fourth-order valence-electron chi connectivity index (χ4n) is 1.63. The van der Waals surface area contributed by atoms with Crippen LogP contribution in [-0.4, -0.2) is 29.4 Å². The Labute approximate surface area is 105 Å². The number of aromatic nitrogens is 3. The Morgan fingerprint density at radius 2 is 2.11 bits per heavy atom. The molecule has 0 saturated carbocycles. The summed E-state index contributed by atoms with van der Waals surface area (Å²) in [4.78, 5) is 4.04. The molecule has 0 fully saturated rings. The molecule has 2 N–H and O–H groups in total. The van der Waals surface area contributed by atoms with Crippen LogP contribution < -0.4 is 14.8 Å². The van der Waals surface area contributed by atoms with Crippen LogP contribution in [0.3, 0.4) is 0 Å². The summed E-state index contributed by atoms with van der Waals surface area (Å²) in [6, 6.07) is 5.75. The molecule has 0 aliphatic carbocycles. The van der Waals surface area contributed by atoms with Crippen LogP contribution >= 0.6 is 0 Å². The lowest BCUT2D eigenvalue weighted by molar-refractivity contribution is 0.389. The standard InChI is InChI=1S/C12H16N4O2/c1-17-10-4-3-9(11(5-10)18-2)6-13-7-12-14-8-15-16-12/h3-5,8,13H,6-7H2,1-2H3,(H,14,15,16). The highest BCUT2D eigenvalue weighted by atomic mass is 16.5. The van der Waals surface area contributed by atoms with Gasteiger partial charge in [-0.15, -0.1) is 0 Å². The highest BCUT2D eigenvalue weighted by Gasteiger charge is 2.05. The largest absolute Gasteiger partial charge is 0.497 e. The maximum atomic E-state index is 5.32. The van der Waals surface area contributed by atoms with E-state index in [1.165, 1.54) is 6.33 Å². The van der Waals surface area contributed by atoms with Crippen LogP contribution in [0.4, 0.5) is 0 Å². The quantitative estimate of drug-likeness (QED) is 0.801. The van der Waals surface area contributed by atoms with Crippen LogP contribution in [-0.2, 0) is 13.1 Å². The number of hydrogen-bond donors (Lipinski definition) is 2. The summed E-state index contributed by atoms with van der Waals surface area (Å²) < 4.78 is 10.5. The van der Waals surface area contributed by atoms with Crippen LogP contribution in [0.5, 0.6) is 11.5 Å². The maximum absolute atomic E-state index is 5.32. The molecule has 2 aromatic rings. The molecule has 0 unspecified atom stereocenters. The average Bonchev–Trinajstić information content (AvgIpc) is 2.92. The Kier molecular flexibility index (Phi) is 4.14. The van der Waals surface area contributed by atoms with Crippen molar-refractivity contribution in [1.29, 1.82) is 0 Å². The highest BCUT2D eigenvalue weighted by Crippen LogP contribution is 2.24. The van der Waals surface area contributed by atoms with Crippen LogP contribution in [0.15, 0.2) is 24.5 Å². The first kappa shape index (κ1) is 12.4. The number of ether oxygens (including phenoxy) is 2. The molecular formula is C12H16N4O2. The molecule has 0 bridgehead atoms. The minimum Gasteiger partial charge on any atom is -0.497 e. The number of benzene rings is 1. The van der Waals surface area contributed by atoms with E-state index in [9.17, 15) is 0 Å². The van der Waals surface area contributed by atoms with Gasteiger partial charge in [-0.3, -0.25) is 5.10 Å². The zero-order valence-corrected chi connectivity index (χ0v) is 10.4. The first-order chi connectivity index (χ1) is 8.83. The summed E-state index contributed by atoms with van der Waals surface area (Å²) in [5.74, 6) is 2.40. The number of methoxy groups -OCH3 is 2. The number of nitrogens with zero attached hydrogens (tertiary/aromatic N) is 2. The van der Waals surface area contributed by atoms with Gasteiger partial charge in [0.15, 0.2) is 0 Å². The number of H-pyrrole nitrogens is 1. The minimum absolute atomic E-state index is 0.634. The molecule has 2 rings (SSSR count). The van der Waals surface area contributed by atoms with E-state index in [0.29, 0.717) is 13.1 Å². The van der Waals surface area contributed by atoms with E-state index < -0.39 is 0 Å². The van der Waals surface area contributed by atoms with E-state index >= 15 is 0 Å². The molecule has 0 aliphatic heterocycles. The predicted molar refractivity (Wildman–Crippen MR) is 66.5 cm³/mol. The van der Waals surface area contributed by atoms with Gasteiger partial charge in [0.1, 0.15) is 23.7 Å². The van der Waals surface area contributed by atoms with Crippen molar-refractivity contribution in [2.45, 2.75) is 13.1 Å². The van der Waals surface area contributed by atoms with E-state index in [1.807, 2.05) is 18.2 Å². The van der Waals surface area contributed by atoms with Crippen molar-refractivity contribution in [1.82, 2.24) is 20.5 Å². The molecule has 0 saturated heterocycles. The fraction of sp³-hybridized carbons (Fsp3) is 0.333. The number of aromatic amines is 1. The van der Waals surface area contributed by atoms with Crippen molar-refractivity contribution in [3.63, 3.8) is 0 Å². The number of rotatable bonds is 6. The highest BCUT2D eigenvalue weighted by molar-refractivity contribution is 5.40. The van der Waals surface area contributed by atoms with Crippen LogP contribution in [0.25, 0.3) is 0 Å². The second-order valence-electron chi connectivity index (χ2n) is 3.71. The van der Waals surface area contributed by atoms with E-state index in [-0.39, 0.29) is 0 Å². The topological polar surface area (TPSA) is 72.1 Å². The molecule has 1 heterocycles. The van der Waals surface area contributed by atoms with Gasteiger partial charge in [-0.25, -0.2) is 4.98 Å². The monoisotopic (exact) mass is 248 g/mol. The molecular weight excluding hydrogens is 232 g/mol. The Morgan fingerprint density at radius 3 is 2.78 bits per heavy atom. The van der Waals surface area contributed by atoms with Gasteiger partial charge in [0.05, 0.1) is 20.8 Å². The molecule has 0 spiro atoms. The summed E-state index contributed by atoms with van der Waals surface area (Å²) in [5, 5.41) is 9.84. The average molecular weight is 248 g/mol. The van der Waals surface area contributed by atoms with Crippen LogP contribution in [0.1, 0.15) is 11.4 Å². The second kappa shape index (κ2) is 6.02. The van der Waals surface area contributed by atoms with Crippen LogP contribution in [0, 0.1) is 0 Å². The smallest absolute Gasteiger partial charge is 0.138 e. The molecule has 96 valence electrons. The van der Waals surface area contributed by atoms with Gasteiger partial charge in [-0.05, 0) is 6.07 Å². The van der Waals surface area contributed by atoms with E-state index in [0.717, 1.165) is 22.9 Å². The lowest BCUT2D eigenvalue weighted by Crippen LogP contribution is -2.14. The Balaban J connectivity index is 1.96. The molecule has 0 radical (unpaired) electrons. The summed E-state index contributed by atoms with van der Waals surface area (Å²) in [6.07, 6.45) is 1.49. The van der Waals surface area contributed by atoms with E-state index in [2.05, 4.69) is 20.5 Å². The van der Waals surface area contributed by atoms with Crippen molar-refractivity contribution in [3.05, 3.63) is 35.9 Å². The SMILES string of the molecule is COc1ccc(CNCc2ncn[nH]2)c(OC)c1. The lowest BCUT2D eigenvalue weighted by atomic mass is 10.2.